The van der Waals surface area contributed by atoms with Crippen LogP contribution in [0.15, 0.2) is 18.2 Å². The minimum Gasteiger partial charge on any atom is -0.377 e. The Kier molecular flexibility index (Phi) is 6.38. The van der Waals surface area contributed by atoms with Gasteiger partial charge in [-0.2, -0.15) is 4.39 Å². The number of nitrogens with zero attached hydrogens (tertiary/aromatic N) is 1. The quantitative estimate of drug-likeness (QED) is 0.448. The van der Waals surface area contributed by atoms with E-state index < -0.39 is 16.4 Å². The van der Waals surface area contributed by atoms with Gasteiger partial charge < -0.3 is 10.1 Å². The number of nitro benzene ring substituents is 1. The van der Waals surface area contributed by atoms with Crippen molar-refractivity contribution in [3.05, 3.63) is 39.7 Å². The van der Waals surface area contributed by atoms with E-state index >= 15 is 0 Å². The Morgan fingerprint density at radius 3 is 2.79 bits per heavy atom. The van der Waals surface area contributed by atoms with Gasteiger partial charge in [0.2, 0.25) is 5.82 Å². The molecule has 1 aromatic carbocycles. The zero-order chi connectivity index (χ0) is 14.3. The Balaban J connectivity index is 2.30. The second-order valence-corrected chi connectivity index (χ2v) is 4.56. The van der Waals surface area contributed by atoms with E-state index in [-0.39, 0.29) is 6.61 Å². The second-order valence-electron chi connectivity index (χ2n) is 4.56. The summed E-state index contributed by atoms with van der Waals surface area (Å²) < 4.78 is 18.7. The van der Waals surface area contributed by atoms with Gasteiger partial charge in [0.1, 0.15) is 0 Å². The number of hydrogen-bond donors (Lipinski definition) is 1. The predicted octanol–water partition coefficient (Wildman–Crippen LogP) is 2.64. The Morgan fingerprint density at radius 2 is 2.21 bits per heavy atom. The third kappa shape index (κ3) is 5.76. The summed E-state index contributed by atoms with van der Waals surface area (Å²) in [5, 5.41) is 13.7. The topological polar surface area (TPSA) is 64.4 Å². The molecular weight excluding hydrogens is 251 g/mol. The highest BCUT2D eigenvalue weighted by atomic mass is 19.1. The minimum atomic E-state index is -0.826. The summed E-state index contributed by atoms with van der Waals surface area (Å²) in [4.78, 5) is 9.71. The molecule has 1 aromatic rings. The van der Waals surface area contributed by atoms with Gasteiger partial charge in [-0.25, -0.2) is 0 Å². The normalized spacial score (nSPS) is 10.9. The van der Waals surface area contributed by atoms with Crippen molar-refractivity contribution in [1.29, 1.82) is 0 Å². The molecule has 0 atom stereocenters. The lowest BCUT2D eigenvalue weighted by molar-refractivity contribution is -0.387. The summed E-state index contributed by atoms with van der Waals surface area (Å²) in [7, 11) is 0. The number of nitro groups is 1. The molecule has 19 heavy (non-hydrogen) atoms. The molecule has 0 aromatic heterocycles. The Morgan fingerprint density at radius 1 is 1.47 bits per heavy atom. The highest BCUT2D eigenvalue weighted by Gasteiger charge is 2.13. The zero-order valence-electron chi connectivity index (χ0n) is 11.2. The summed E-state index contributed by atoms with van der Waals surface area (Å²) in [5.74, 6) is -0.826. The molecule has 0 amide bonds. The molecule has 0 unspecified atom stereocenters. The van der Waals surface area contributed by atoms with E-state index in [1.807, 2.05) is 0 Å². The first-order chi connectivity index (χ1) is 9.00. The van der Waals surface area contributed by atoms with Gasteiger partial charge in [-0.3, -0.25) is 10.1 Å². The van der Waals surface area contributed by atoms with Gasteiger partial charge >= 0.3 is 5.69 Å². The molecule has 0 saturated carbocycles. The molecule has 0 aliphatic carbocycles. The van der Waals surface area contributed by atoms with E-state index in [1.165, 1.54) is 6.07 Å². The first kappa shape index (κ1) is 15.5. The summed E-state index contributed by atoms with van der Waals surface area (Å²) >= 11 is 0. The molecule has 0 aliphatic heterocycles. The van der Waals surface area contributed by atoms with Crippen LogP contribution in [0.5, 0.6) is 0 Å². The lowest BCUT2D eigenvalue weighted by Gasteiger charge is -2.08. The monoisotopic (exact) mass is 270 g/mol. The van der Waals surface area contributed by atoms with Crippen molar-refractivity contribution in [2.75, 3.05) is 13.2 Å². The van der Waals surface area contributed by atoms with E-state index in [0.29, 0.717) is 18.2 Å². The van der Waals surface area contributed by atoms with Crippen LogP contribution in [0.25, 0.3) is 0 Å². The molecule has 0 fully saturated rings. The van der Waals surface area contributed by atoms with Crippen LogP contribution < -0.4 is 5.32 Å². The Labute approximate surface area is 111 Å². The molecular formula is C13H19FN2O3. The van der Waals surface area contributed by atoms with Gasteiger partial charge in [0.15, 0.2) is 0 Å². The van der Waals surface area contributed by atoms with Crippen LogP contribution in [0.4, 0.5) is 10.1 Å². The van der Waals surface area contributed by atoms with Gasteiger partial charge in [0.25, 0.3) is 0 Å². The summed E-state index contributed by atoms with van der Waals surface area (Å²) in [5.41, 5.74) is 0.0878. The average molecular weight is 270 g/mol. The number of benzene rings is 1. The predicted molar refractivity (Wildman–Crippen MR) is 70.5 cm³/mol. The summed E-state index contributed by atoms with van der Waals surface area (Å²) in [6, 6.07) is 4.26. The van der Waals surface area contributed by atoms with Crippen molar-refractivity contribution in [3.63, 3.8) is 0 Å². The molecule has 0 heterocycles. The molecule has 1 rings (SSSR count). The Bertz CT molecular complexity index is 424. The van der Waals surface area contributed by atoms with Crippen molar-refractivity contribution in [2.24, 2.45) is 0 Å². The number of nitrogens with one attached hydrogen (secondary N) is 1. The summed E-state index contributed by atoms with van der Waals surface area (Å²) in [6.07, 6.45) is 0.869. The van der Waals surface area contributed by atoms with Crippen LogP contribution in [0.1, 0.15) is 25.8 Å². The number of halogens is 1. The van der Waals surface area contributed by atoms with Gasteiger partial charge in [-0.05, 0) is 30.7 Å². The van der Waals surface area contributed by atoms with Crippen LogP contribution in [0.3, 0.4) is 0 Å². The van der Waals surface area contributed by atoms with Crippen LogP contribution >= 0.6 is 0 Å². The maximum absolute atomic E-state index is 13.3. The molecule has 0 radical (unpaired) electrons. The third-order valence-electron chi connectivity index (χ3n) is 2.50. The molecule has 0 aliphatic rings. The van der Waals surface area contributed by atoms with E-state index in [1.54, 1.807) is 0 Å². The fourth-order valence-electron chi connectivity index (χ4n) is 1.54. The van der Waals surface area contributed by atoms with Crippen LogP contribution in [-0.2, 0) is 11.3 Å². The SMILES string of the molecule is CC(C)NCCCOCc1ccc([N+](=O)[O-])c(F)c1. The number of rotatable bonds is 8. The summed E-state index contributed by atoms with van der Waals surface area (Å²) in [6.45, 7) is 5.84. The minimum absolute atomic E-state index is 0.261. The number of ether oxygens (including phenoxy) is 1. The highest BCUT2D eigenvalue weighted by molar-refractivity contribution is 5.34. The van der Waals surface area contributed by atoms with Crippen LogP contribution in [0, 0.1) is 15.9 Å². The highest BCUT2D eigenvalue weighted by Crippen LogP contribution is 2.18. The molecule has 1 N–H and O–H groups in total. The lowest BCUT2D eigenvalue weighted by Crippen LogP contribution is -2.24. The van der Waals surface area contributed by atoms with E-state index in [4.69, 9.17) is 4.74 Å². The standard InChI is InChI=1S/C13H19FN2O3/c1-10(2)15-6-3-7-19-9-11-4-5-13(16(17)18)12(14)8-11/h4-5,8,10,15H,3,6-7,9H2,1-2H3. The van der Waals surface area contributed by atoms with Gasteiger partial charge in [-0.1, -0.05) is 13.8 Å². The van der Waals surface area contributed by atoms with Crippen molar-refractivity contribution in [3.8, 4) is 0 Å². The average Bonchev–Trinajstić information content (AvgIpc) is 2.32. The molecule has 0 saturated heterocycles. The second kappa shape index (κ2) is 7.81. The molecule has 6 heteroatoms. The first-order valence-corrected chi connectivity index (χ1v) is 6.24. The Hall–Kier alpha value is -1.53. The largest absolute Gasteiger partial charge is 0.377 e. The smallest absolute Gasteiger partial charge is 0.304 e. The van der Waals surface area contributed by atoms with Crippen LogP contribution in [0.2, 0.25) is 0 Å². The first-order valence-electron chi connectivity index (χ1n) is 6.24. The third-order valence-corrected chi connectivity index (χ3v) is 2.50. The van der Waals surface area contributed by atoms with E-state index in [0.717, 1.165) is 25.1 Å². The van der Waals surface area contributed by atoms with E-state index in [9.17, 15) is 14.5 Å². The maximum atomic E-state index is 13.3. The lowest BCUT2D eigenvalue weighted by atomic mass is 10.2. The fraction of sp³-hybridized carbons (Fsp3) is 0.538. The number of hydrogen-bond acceptors (Lipinski definition) is 4. The van der Waals surface area contributed by atoms with Crippen molar-refractivity contribution in [2.45, 2.75) is 32.9 Å². The zero-order valence-corrected chi connectivity index (χ0v) is 11.2. The van der Waals surface area contributed by atoms with Crippen molar-refractivity contribution < 1.29 is 14.1 Å². The molecule has 0 spiro atoms. The van der Waals surface area contributed by atoms with Gasteiger partial charge in [-0.15, -0.1) is 0 Å². The maximum Gasteiger partial charge on any atom is 0.304 e. The van der Waals surface area contributed by atoms with Crippen molar-refractivity contribution >= 4 is 5.69 Å². The van der Waals surface area contributed by atoms with E-state index in [2.05, 4.69) is 19.2 Å². The molecule has 0 bridgehead atoms. The molecule has 106 valence electrons. The van der Waals surface area contributed by atoms with Gasteiger partial charge in [0, 0.05) is 18.7 Å². The van der Waals surface area contributed by atoms with Crippen LogP contribution in [-0.4, -0.2) is 24.1 Å². The van der Waals surface area contributed by atoms with Crippen molar-refractivity contribution in [1.82, 2.24) is 5.32 Å². The fourth-order valence-corrected chi connectivity index (χ4v) is 1.54. The van der Waals surface area contributed by atoms with Gasteiger partial charge in [0.05, 0.1) is 11.5 Å². The molecule has 5 nitrogen and oxygen atoms in total.